The van der Waals surface area contributed by atoms with Crippen molar-refractivity contribution < 1.29 is 0 Å². The second kappa shape index (κ2) is 12.6. The zero-order chi connectivity index (χ0) is 37.5. The number of benzene rings is 6. The quantitative estimate of drug-likeness (QED) is 0.191. The van der Waals surface area contributed by atoms with Gasteiger partial charge in [0.25, 0.3) is 0 Å². The van der Waals surface area contributed by atoms with Gasteiger partial charge >= 0.3 is 0 Å². The first-order chi connectivity index (χ1) is 28.3. The Balaban J connectivity index is 0.963. The lowest BCUT2D eigenvalue weighted by atomic mass is 9.97. The van der Waals surface area contributed by atoms with Gasteiger partial charge in [0.2, 0.25) is 0 Å². The first-order valence-electron chi connectivity index (χ1n) is 19.2. The molecule has 1 N–H and O–H groups in total. The van der Waals surface area contributed by atoms with E-state index in [9.17, 15) is 0 Å². The Hall–Kier alpha value is -7.28. The van der Waals surface area contributed by atoms with Gasteiger partial charge in [-0.25, -0.2) is 0 Å². The molecule has 57 heavy (non-hydrogen) atoms. The third-order valence-corrected chi connectivity index (χ3v) is 12.8. The number of allylic oxidation sites excluding steroid dienone is 2. The van der Waals surface area contributed by atoms with Crippen LogP contribution in [-0.2, 0) is 0 Å². The molecule has 6 heteroatoms. The lowest BCUT2D eigenvalue weighted by Gasteiger charge is -2.16. The second-order valence-corrected chi connectivity index (χ2v) is 15.8. The highest BCUT2D eigenvalue weighted by Crippen LogP contribution is 2.43. The van der Waals surface area contributed by atoms with Gasteiger partial charge in [0.1, 0.15) is 0 Å². The first-order valence-corrected chi connectivity index (χ1v) is 20.1. The van der Waals surface area contributed by atoms with E-state index in [1.165, 1.54) is 69.9 Å². The van der Waals surface area contributed by atoms with E-state index < -0.39 is 0 Å². The fourth-order valence-electron chi connectivity index (χ4n) is 8.93. The largest absolute Gasteiger partial charge is 0.381 e. The Morgan fingerprint density at radius 2 is 1.19 bits per heavy atom. The maximum atomic E-state index is 4.42. The number of hydrogen-bond donors (Lipinski definition) is 1. The van der Waals surface area contributed by atoms with Gasteiger partial charge in [0, 0.05) is 67.5 Å². The average molecular weight is 748 g/mol. The summed E-state index contributed by atoms with van der Waals surface area (Å²) in [7, 11) is 0. The Morgan fingerprint density at radius 1 is 0.491 bits per heavy atom. The highest BCUT2D eigenvalue weighted by molar-refractivity contribution is 7.26. The maximum Gasteiger partial charge on any atom is 0.0695 e. The third kappa shape index (κ3) is 5.01. The third-order valence-electron chi connectivity index (χ3n) is 11.6. The van der Waals surface area contributed by atoms with Gasteiger partial charge in [-0.1, -0.05) is 84.9 Å². The van der Waals surface area contributed by atoms with Gasteiger partial charge in [-0.2, -0.15) is 0 Å². The van der Waals surface area contributed by atoms with Crippen LogP contribution >= 0.6 is 11.3 Å². The topological polar surface area (TPSA) is 47.7 Å². The Kier molecular flexibility index (Phi) is 7.09. The molecule has 0 saturated heterocycles. The average Bonchev–Trinajstić information content (AvgIpc) is 3.94. The number of rotatable bonds is 5. The molecule has 0 bridgehead atoms. The lowest BCUT2D eigenvalue weighted by Crippen LogP contribution is -2.14. The van der Waals surface area contributed by atoms with Gasteiger partial charge in [0.05, 0.1) is 38.5 Å². The predicted molar refractivity (Wildman–Crippen MR) is 239 cm³/mol. The zero-order valence-corrected chi connectivity index (χ0v) is 31.5. The minimum absolute atomic E-state index is 0.178. The van der Waals surface area contributed by atoms with E-state index in [-0.39, 0.29) is 6.04 Å². The maximum absolute atomic E-state index is 4.42. The van der Waals surface area contributed by atoms with Crippen molar-refractivity contribution in [2.45, 2.75) is 6.04 Å². The molecule has 11 aromatic rings. The number of para-hydroxylation sites is 1. The minimum Gasteiger partial charge on any atom is -0.381 e. The molecule has 1 aliphatic heterocycles. The van der Waals surface area contributed by atoms with E-state index in [0.717, 1.165) is 33.1 Å². The van der Waals surface area contributed by atoms with Crippen molar-refractivity contribution >= 4 is 75.1 Å². The number of fused-ring (bicyclic) bond motifs is 9. The Labute approximate surface area is 332 Å². The molecule has 1 atom stereocenters. The van der Waals surface area contributed by atoms with Crippen LogP contribution in [0, 0.1) is 0 Å². The van der Waals surface area contributed by atoms with Crippen LogP contribution < -0.4 is 5.32 Å². The number of hydrogen-bond acceptors (Lipinski definition) is 4. The van der Waals surface area contributed by atoms with E-state index in [4.69, 9.17) is 0 Å². The Bertz CT molecular complexity index is 3420. The molecule has 0 radical (unpaired) electrons. The van der Waals surface area contributed by atoms with Crippen LogP contribution in [0.4, 0.5) is 0 Å². The lowest BCUT2D eigenvalue weighted by molar-refractivity contribution is 0.748. The SMILES string of the molecule is C1=CNC(c2ccc3sc4c(-n5c6ccccc6c6cc(-c7cccc(-c8cccc(-n9c%10ccncc%10c%10cnccc%109)c8)c7)ccc65)cccc4c3c2)C=C1. The van der Waals surface area contributed by atoms with Crippen molar-refractivity contribution in [3.8, 4) is 33.6 Å². The predicted octanol–water partition coefficient (Wildman–Crippen LogP) is 13.1. The molecule has 0 saturated carbocycles. The first kappa shape index (κ1) is 32.0. The van der Waals surface area contributed by atoms with Gasteiger partial charge in [-0.15, -0.1) is 11.3 Å². The summed E-state index contributed by atoms with van der Waals surface area (Å²) in [6.07, 6.45) is 16.0. The molecule has 12 rings (SSSR count). The standard InChI is InChI=1S/C51H33N5S/c1-2-15-45-38(12-1)40-28-35(17-19-46(40)56(45)49-16-7-13-39-41-29-36(44-14-3-4-23-54-44)18-20-50(41)57-51(39)49)33-9-5-8-32(26-33)34-10-6-11-37(27-34)55-47-21-24-52-30-42(47)43-31-53-25-22-48(43)55/h1-31,44,54H. The van der Waals surface area contributed by atoms with Crippen LogP contribution in [0.5, 0.6) is 0 Å². The van der Waals surface area contributed by atoms with Crippen LogP contribution in [0.3, 0.4) is 0 Å². The smallest absolute Gasteiger partial charge is 0.0695 e. The summed E-state index contributed by atoms with van der Waals surface area (Å²) in [5.41, 5.74) is 13.0. The van der Waals surface area contributed by atoms with Gasteiger partial charge < -0.3 is 14.5 Å². The molecule has 0 aliphatic carbocycles. The number of nitrogens with zero attached hydrogens (tertiary/aromatic N) is 4. The summed E-state index contributed by atoms with van der Waals surface area (Å²) in [5, 5.41) is 10.8. The fraction of sp³-hybridized carbons (Fsp3) is 0.0196. The number of nitrogens with one attached hydrogen (secondary N) is 1. The number of thiophene rings is 1. The van der Waals surface area contributed by atoms with Crippen LogP contribution in [0.1, 0.15) is 11.6 Å². The molecule has 5 aromatic heterocycles. The van der Waals surface area contributed by atoms with E-state index in [0.29, 0.717) is 0 Å². The fourth-order valence-corrected chi connectivity index (χ4v) is 10.1. The molecular formula is C51H33N5S. The normalized spacial score (nSPS) is 14.1. The van der Waals surface area contributed by atoms with Crippen molar-refractivity contribution in [3.05, 3.63) is 194 Å². The van der Waals surface area contributed by atoms with Crippen molar-refractivity contribution in [1.29, 1.82) is 0 Å². The van der Waals surface area contributed by atoms with Gasteiger partial charge in [-0.05, 0) is 107 Å². The molecule has 6 aromatic carbocycles. The van der Waals surface area contributed by atoms with Gasteiger partial charge in [0.15, 0.2) is 0 Å². The zero-order valence-electron chi connectivity index (χ0n) is 30.7. The van der Waals surface area contributed by atoms with Crippen molar-refractivity contribution in [2.24, 2.45) is 0 Å². The number of aromatic nitrogens is 4. The van der Waals surface area contributed by atoms with Crippen molar-refractivity contribution in [3.63, 3.8) is 0 Å². The summed E-state index contributed by atoms with van der Waals surface area (Å²) in [6.45, 7) is 0. The Morgan fingerprint density at radius 3 is 2.00 bits per heavy atom. The van der Waals surface area contributed by atoms with E-state index in [1.807, 2.05) is 48.4 Å². The van der Waals surface area contributed by atoms with Crippen LogP contribution in [-0.4, -0.2) is 19.1 Å². The van der Waals surface area contributed by atoms with E-state index in [1.54, 1.807) is 0 Å². The second-order valence-electron chi connectivity index (χ2n) is 14.7. The van der Waals surface area contributed by atoms with Crippen LogP contribution in [0.2, 0.25) is 0 Å². The minimum atomic E-state index is 0.178. The summed E-state index contributed by atoms with van der Waals surface area (Å²) in [4.78, 5) is 8.83. The molecule has 1 aliphatic rings. The summed E-state index contributed by atoms with van der Waals surface area (Å²) < 4.78 is 7.38. The monoisotopic (exact) mass is 747 g/mol. The number of dihydropyridines is 1. The molecule has 0 spiro atoms. The highest BCUT2D eigenvalue weighted by atomic mass is 32.1. The molecule has 5 nitrogen and oxygen atoms in total. The van der Waals surface area contributed by atoms with Gasteiger partial charge in [-0.3, -0.25) is 9.97 Å². The molecule has 6 heterocycles. The molecule has 0 fully saturated rings. The number of pyridine rings is 2. The van der Waals surface area contributed by atoms with E-state index in [2.05, 4.69) is 176 Å². The van der Waals surface area contributed by atoms with Crippen LogP contribution in [0.15, 0.2) is 189 Å². The van der Waals surface area contributed by atoms with Crippen molar-refractivity contribution in [2.75, 3.05) is 0 Å². The van der Waals surface area contributed by atoms with E-state index >= 15 is 0 Å². The molecule has 0 amide bonds. The molecular weight excluding hydrogens is 715 g/mol. The highest BCUT2D eigenvalue weighted by Gasteiger charge is 2.19. The summed E-state index contributed by atoms with van der Waals surface area (Å²) in [6, 6.07) is 51.5. The van der Waals surface area contributed by atoms with Crippen LogP contribution in [0.25, 0.3) is 97.4 Å². The summed E-state index contributed by atoms with van der Waals surface area (Å²) in [5.74, 6) is 0. The summed E-state index contributed by atoms with van der Waals surface area (Å²) >= 11 is 1.88. The molecule has 1 unspecified atom stereocenters. The molecule has 268 valence electrons. The van der Waals surface area contributed by atoms with Crippen molar-refractivity contribution in [1.82, 2.24) is 24.4 Å².